The van der Waals surface area contributed by atoms with E-state index in [1.54, 1.807) is 6.20 Å². The number of hydrogen-bond acceptors (Lipinski definition) is 6. The molecule has 2 bridgehead atoms. The highest BCUT2D eigenvalue weighted by Crippen LogP contribution is 2.58. The van der Waals surface area contributed by atoms with Crippen LogP contribution in [-0.4, -0.2) is 34.0 Å². The molecule has 0 atom stereocenters. The number of carbonyl (C=O) groups is 1. The Morgan fingerprint density at radius 2 is 1.76 bits per heavy atom. The lowest BCUT2D eigenvalue weighted by Gasteiger charge is -2.53. The fourth-order valence-corrected chi connectivity index (χ4v) is 7.47. The monoisotopic (exact) mass is 562 g/mol. The summed E-state index contributed by atoms with van der Waals surface area (Å²) >= 11 is 0. The minimum atomic E-state index is -2.36. The zero-order valence-corrected chi connectivity index (χ0v) is 23.2. The van der Waals surface area contributed by atoms with Crippen molar-refractivity contribution in [1.29, 1.82) is 0 Å². The van der Waals surface area contributed by atoms with Crippen LogP contribution >= 0.6 is 0 Å². The van der Waals surface area contributed by atoms with Crippen LogP contribution in [-0.2, 0) is 10.2 Å². The summed E-state index contributed by atoms with van der Waals surface area (Å²) in [5.41, 5.74) is 1.62. The van der Waals surface area contributed by atoms with E-state index in [-0.39, 0.29) is 35.5 Å². The summed E-state index contributed by atoms with van der Waals surface area (Å²) in [4.78, 5) is 25.2. The summed E-state index contributed by atoms with van der Waals surface area (Å²) in [5, 5.41) is 4.29. The molecule has 9 heteroatoms. The number of alkyl halides is 2. The molecule has 1 aromatic carbocycles. The van der Waals surface area contributed by atoms with Crippen LogP contribution in [0.5, 0.6) is 0 Å². The fraction of sp³-hybridized carbons (Fsp3) is 0.625. The van der Waals surface area contributed by atoms with E-state index in [2.05, 4.69) is 10.1 Å². The Kier molecular flexibility index (Phi) is 5.91. The molecule has 0 N–H and O–H groups in total. The molecular weight excluding hydrogens is 526 g/mol. The van der Waals surface area contributed by atoms with Crippen molar-refractivity contribution < 1.29 is 22.5 Å². The van der Waals surface area contributed by atoms with Gasteiger partial charge in [0.15, 0.2) is 17.5 Å². The van der Waals surface area contributed by atoms with Crippen molar-refractivity contribution in [2.24, 2.45) is 17.3 Å². The average Bonchev–Trinajstić information content (AvgIpc) is 3.90. The van der Waals surface area contributed by atoms with Gasteiger partial charge >= 0.3 is 0 Å². The second-order valence-electron chi connectivity index (χ2n) is 13.6. The molecule has 2 heterocycles. The van der Waals surface area contributed by atoms with Crippen LogP contribution in [0.1, 0.15) is 106 Å². The van der Waals surface area contributed by atoms with Crippen LogP contribution in [0.3, 0.4) is 0 Å². The SMILES string of the molecule is O=C(C1CC(C(F)F)C1)N(CC12CCC(c3nc(C4CC4)no3)(CC1)CC2)c1cccc(-c2cnc(C3CC3)o2)c1. The molecule has 2 aromatic heterocycles. The summed E-state index contributed by atoms with van der Waals surface area (Å²) in [6, 6.07) is 7.90. The number of halogens is 2. The Bertz CT molecular complexity index is 1430. The van der Waals surface area contributed by atoms with E-state index in [9.17, 15) is 13.6 Å². The van der Waals surface area contributed by atoms with E-state index in [0.717, 1.165) is 93.1 Å². The summed E-state index contributed by atoms with van der Waals surface area (Å²) in [5.74, 6) is 2.98. The lowest BCUT2D eigenvalue weighted by atomic mass is 9.53. The largest absolute Gasteiger partial charge is 0.440 e. The van der Waals surface area contributed by atoms with Crippen molar-refractivity contribution in [3.63, 3.8) is 0 Å². The molecule has 6 aliphatic rings. The van der Waals surface area contributed by atoms with Crippen LogP contribution in [0.25, 0.3) is 11.3 Å². The van der Waals surface area contributed by atoms with Gasteiger partial charge < -0.3 is 13.8 Å². The lowest BCUT2D eigenvalue weighted by Crippen LogP contribution is -2.53. The summed E-state index contributed by atoms with van der Waals surface area (Å²) in [6.45, 7) is 0.599. The minimum Gasteiger partial charge on any atom is -0.440 e. The number of carbonyl (C=O) groups excluding carboxylic acids is 1. The van der Waals surface area contributed by atoms with Crippen LogP contribution in [0.4, 0.5) is 14.5 Å². The number of benzene rings is 1. The Labute approximate surface area is 238 Å². The molecule has 0 radical (unpaired) electrons. The van der Waals surface area contributed by atoms with Crippen molar-refractivity contribution in [1.82, 2.24) is 15.1 Å². The van der Waals surface area contributed by atoms with E-state index in [4.69, 9.17) is 13.9 Å². The third-order valence-electron chi connectivity index (χ3n) is 10.8. The Morgan fingerprint density at radius 3 is 2.44 bits per heavy atom. The lowest BCUT2D eigenvalue weighted by molar-refractivity contribution is -0.129. The number of hydrogen-bond donors (Lipinski definition) is 0. The maximum absolute atomic E-state index is 14.0. The number of aromatic nitrogens is 3. The fourth-order valence-electron chi connectivity index (χ4n) is 7.47. The molecule has 0 aliphatic heterocycles. The first-order valence-electron chi connectivity index (χ1n) is 15.4. The van der Waals surface area contributed by atoms with Crippen LogP contribution in [0.15, 0.2) is 39.4 Å². The first-order valence-corrected chi connectivity index (χ1v) is 15.4. The van der Waals surface area contributed by atoms with Crippen molar-refractivity contribution in [3.05, 3.63) is 48.1 Å². The van der Waals surface area contributed by atoms with Gasteiger partial charge in [-0.3, -0.25) is 4.79 Å². The molecule has 216 valence electrons. The summed E-state index contributed by atoms with van der Waals surface area (Å²) in [6.07, 6.45) is 10.3. The van der Waals surface area contributed by atoms with E-state index >= 15 is 0 Å². The zero-order valence-electron chi connectivity index (χ0n) is 23.2. The van der Waals surface area contributed by atoms with Crippen LogP contribution < -0.4 is 4.90 Å². The number of anilines is 1. The highest BCUT2D eigenvalue weighted by molar-refractivity contribution is 5.96. The van der Waals surface area contributed by atoms with Crippen molar-refractivity contribution in [3.8, 4) is 11.3 Å². The molecular formula is C32H36F2N4O3. The minimum absolute atomic E-state index is 0.00992. The van der Waals surface area contributed by atoms with E-state index in [1.807, 2.05) is 29.2 Å². The number of rotatable bonds is 9. The number of fused-ring (bicyclic) bond motifs is 3. The molecule has 1 amide bonds. The second-order valence-corrected chi connectivity index (χ2v) is 13.6. The molecule has 7 nitrogen and oxygen atoms in total. The first-order chi connectivity index (χ1) is 19.9. The highest BCUT2D eigenvalue weighted by atomic mass is 19.3. The van der Waals surface area contributed by atoms with Gasteiger partial charge in [0.25, 0.3) is 0 Å². The standard InChI is InChI=1S/C32H36F2N4O3/c33-26(34)22-14-23(15-22)29(39)38(24-3-1-2-21(16-24)25-17-35-28(40-25)20-6-7-20)18-31-8-11-32(12-9-31,13-10-31)30-36-27(37-41-30)19-4-5-19/h1-3,16-17,19-20,22-23,26H,4-15,18H2. The van der Waals surface area contributed by atoms with E-state index in [1.165, 1.54) is 0 Å². The molecule has 9 rings (SSSR count). The molecule has 0 spiro atoms. The highest BCUT2D eigenvalue weighted by Gasteiger charge is 2.54. The number of amides is 1. The summed E-state index contributed by atoms with van der Waals surface area (Å²) < 4.78 is 38.5. The van der Waals surface area contributed by atoms with Gasteiger partial charge in [-0.2, -0.15) is 4.98 Å². The Morgan fingerprint density at radius 1 is 1.02 bits per heavy atom. The van der Waals surface area contributed by atoms with Crippen molar-refractivity contribution >= 4 is 11.6 Å². The first kappa shape index (κ1) is 25.6. The predicted octanol–water partition coefficient (Wildman–Crippen LogP) is 7.40. The molecule has 0 saturated heterocycles. The van der Waals surface area contributed by atoms with Gasteiger partial charge in [0, 0.05) is 46.9 Å². The second kappa shape index (κ2) is 9.46. The quantitative estimate of drug-likeness (QED) is 0.270. The molecule has 6 saturated carbocycles. The number of oxazole rings is 1. The van der Waals surface area contributed by atoms with Crippen LogP contribution in [0.2, 0.25) is 0 Å². The normalized spacial score (nSPS) is 30.9. The molecule has 6 fully saturated rings. The van der Waals surface area contributed by atoms with Crippen molar-refractivity contribution in [2.75, 3.05) is 11.4 Å². The molecule has 6 aliphatic carbocycles. The zero-order chi connectivity index (χ0) is 27.8. The number of nitrogens with zero attached hydrogens (tertiary/aromatic N) is 4. The topological polar surface area (TPSA) is 85.3 Å². The maximum atomic E-state index is 14.0. The molecule has 3 aromatic rings. The Hall–Kier alpha value is -3.10. The van der Waals surface area contributed by atoms with Gasteiger partial charge in [-0.25, -0.2) is 13.8 Å². The average molecular weight is 563 g/mol. The summed E-state index contributed by atoms with van der Waals surface area (Å²) in [7, 11) is 0. The third kappa shape index (κ3) is 4.59. The predicted molar refractivity (Wildman–Crippen MR) is 147 cm³/mol. The third-order valence-corrected chi connectivity index (χ3v) is 10.8. The van der Waals surface area contributed by atoms with Gasteiger partial charge in [0.05, 0.1) is 6.20 Å². The van der Waals surface area contributed by atoms with Gasteiger partial charge in [-0.15, -0.1) is 0 Å². The molecule has 41 heavy (non-hydrogen) atoms. The van der Waals surface area contributed by atoms with Crippen molar-refractivity contribution in [2.45, 2.75) is 101 Å². The van der Waals surface area contributed by atoms with Gasteiger partial charge in [0.1, 0.15) is 0 Å². The van der Waals surface area contributed by atoms with E-state index in [0.29, 0.717) is 24.1 Å². The van der Waals surface area contributed by atoms with Gasteiger partial charge in [-0.1, -0.05) is 17.3 Å². The van der Waals surface area contributed by atoms with E-state index < -0.39 is 12.3 Å². The molecule has 0 unspecified atom stereocenters. The Balaban J connectivity index is 1.04. The van der Waals surface area contributed by atoms with Gasteiger partial charge in [0.2, 0.25) is 18.2 Å². The van der Waals surface area contributed by atoms with Crippen LogP contribution in [0, 0.1) is 17.3 Å². The maximum Gasteiger partial charge on any atom is 0.241 e. The van der Waals surface area contributed by atoms with Gasteiger partial charge in [-0.05, 0) is 94.6 Å². The smallest absolute Gasteiger partial charge is 0.241 e.